The second kappa shape index (κ2) is 3.54. The molecule has 13 heavy (non-hydrogen) atoms. The van der Waals surface area contributed by atoms with Crippen molar-refractivity contribution in [3.8, 4) is 6.07 Å². The van der Waals surface area contributed by atoms with Crippen LogP contribution in [0.1, 0.15) is 5.69 Å². The predicted molar refractivity (Wildman–Crippen MR) is 46.7 cm³/mol. The molecule has 1 aromatic rings. The second-order valence-corrected chi connectivity index (χ2v) is 4.61. The van der Waals surface area contributed by atoms with E-state index in [-0.39, 0.29) is 11.3 Å². The molecule has 0 spiro atoms. The topological polar surface area (TPSA) is 70.8 Å². The average molecular weight is 196 g/mol. The average Bonchev–Trinajstić information content (AvgIpc) is 2.04. The number of sulfone groups is 1. The Kier molecular flexibility index (Phi) is 2.63. The highest BCUT2D eigenvalue weighted by atomic mass is 32.2. The van der Waals surface area contributed by atoms with E-state index < -0.39 is 9.84 Å². The highest BCUT2D eigenvalue weighted by molar-refractivity contribution is 7.90. The third kappa shape index (κ3) is 2.53. The summed E-state index contributed by atoms with van der Waals surface area (Å²) in [6.07, 6.45) is 2.58. The Hall–Kier alpha value is -1.41. The Morgan fingerprint density at radius 1 is 1.54 bits per heavy atom. The van der Waals surface area contributed by atoms with E-state index in [1.165, 1.54) is 12.3 Å². The first-order chi connectivity index (χ1) is 6.04. The number of hydrogen-bond acceptors (Lipinski definition) is 4. The van der Waals surface area contributed by atoms with E-state index in [0.29, 0.717) is 5.69 Å². The summed E-state index contributed by atoms with van der Waals surface area (Å²) < 4.78 is 22.0. The number of pyridine rings is 1. The molecule has 0 N–H and O–H groups in total. The number of rotatable bonds is 2. The van der Waals surface area contributed by atoms with Gasteiger partial charge in [-0.1, -0.05) is 0 Å². The van der Waals surface area contributed by atoms with Gasteiger partial charge in [-0.05, 0) is 12.1 Å². The molecule has 0 unspecified atom stereocenters. The molecule has 0 bridgehead atoms. The van der Waals surface area contributed by atoms with Crippen molar-refractivity contribution >= 4 is 9.84 Å². The van der Waals surface area contributed by atoms with E-state index in [4.69, 9.17) is 5.26 Å². The normalized spacial score (nSPS) is 10.8. The van der Waals surface area contributed by atoms with Crippen molar-refractivity contribution < 1.29 is 8.42 Å². The van der Waals surface area contributed by atoms with Crippen molar-refractivity contribution in [3.63, 3.8) is 0 Å². The molecule has 1 rings (SSSR count). The van der Waals surface area contributed by atoms with Crippen molar-refractivity contribution in [1.82, 2.24) is 4.98 Å². The summed E-state index contributed by atoms with van der Waals surface area (Å²) in [6.45, 7) is 0. The van der Waals surface area contributed by atoms with Gasteiger partial charge >= 0.3 is 0 Å². The van der Waals surface area contributed by atoms with Gasteiger partial charge in [-0.3, -0.25) is 4.98 Å². The molecule has 0 radical (unpaired) electrons. The van der Waals surface area contributed by atoms with Crippen molar-refractivity contribution in [2.24, 2.45) is 0 Å². The van der Waals surface area contributed by atoms with Crippen LogP contribution in [0.2, 0.25) is 0 Å². The Balaban J connectivity index is 3.03. The Labute approximate surface area is 76.8 Å². The van der Waals surface area contributed by atoms with Gasteiger partial charge in [0.1, 0.15) is 0 Å². The standard InChI is InChI=1S/C8H8N2O2S/c1-13(11,12)8-3-2-7(4-5-9)10-6-8/h2-3,6H,4H2,1H3. The molecule has 0 aromatic carbocycles. The van der Waals surface area contributed by atoms with Crippen molar-refractivity contribution in [3.05, 3.63) is 24.0 Å². The molecule has 5 heteroatoms. The van der Waals surface area contributed by atoms with Gasteiger partial charge in [0, 0.05) is 12.5 Å². The van der Waals surface area contributed by atoms with Gasteiger partial charge < -0.3 is 0 Å². The summed E-state index contributed by atoms with van der Waals surface area (Å²) in [5, 5.41) is 8.34. The molecule has 68 valence electrons. The van der Waals surface area contributed by atoms with E-state index in [9.17, 15) is 8.42 Å². The van der Waals surface area contributed by atoms with Crippen LogP contribution in [0.25, 0.3) is 0 Å². The zero-order valence-corrected chi connectivity index (χ0v) is 7.87. The lowest BCUT2D eigenvalue weighted by Crippen LogP contribution is -1.98. The summed E-state index contributed by atoms with van der Waals surface area (Å²) in [6, 6.07) is 4.92. The van der Waals surface area contributed by atoms with Crippen molar-refractivity contribution in [2.45, 2.75) is 11.3 Å². The highest BCUT2D eigenvalue weighted by Gasteiger charge is 2.06. The van der Waals surface area contributed by atoms with Crippen LogP contribution in [-0.2, 0) is 16.3 Å². The smallest absolute Gasteiger partial charge is 0.177 e. The lowest BCUT2D eigenvalue weighted by molar-refractivity contribution is 0.601. The highest BCUT2D eigenvalue weighted by Crippen LogP contribution is 2.07. The molecule has 0 amide bonds. The largest absolute Gasteiger partial charge is 0.259 e. The second-order valence-electron chi connectivity index (χ2n) is 2.59. The summed E-state index contributed by atoms with van der Waals surface area (Å²) in [7, 11) is -3.18. The molecular weight excluding hydrogens is 188 g/mol. The minimum absolute atomic E-state index is 0.175. The van der Waals surface area contributed by atoms with Crippen LogP contribution >= 0.6 is 0 Å². The Morgan fingerprint density at radius 3 is 2.62 bits per heavy atom. The quantitative estimate of drug-likeness (QED) is 0.692. The zero-order chi connectivity index (χ0) is 9.90. The van der Waals surface area contributed by atoms with E-state index in [1.54, 1.807) is 6.07 Å². The van der Waals surface area contributed by atoms with Crippen LogP contribution in [-0.4, -0.2) is 19.7 Å². The lowest BCUT2D eigenvalue weighted by Gasteiger charge is -1.97. The third-order valence-electron chi connectivity index (χ3n) is 1.49. The van der Waals surface area contributed by atoms with Crippen LogP contribution in [0.3, 0.4) is 0 Å². The summed E-state index contributed by atoms with van der Waals surface area (Å²) in [5.74, 6) is 0. The minimum atomic E-state index is -3.18. The first-order valence-electron chi connectivity index (χ1n) is 3.56. The number of nitriles is 1. The molecule has 0 fully saturated rings. The number of hydrogen-bond donors (Lipinski definition) is 0. The summed E-state index contributed by atoms with van der Waals surface area (Å²) in [4.78, 5) is 4.01. The maximum Gasteiger partial charge on any atom is 0.177 e. The molecule has 0 aliphatic carbocycles. The van der Waals surface area contributed by atoms with Gasteiger partial charge in [0.05, 0.1) is 23.1 Å². The van der Waals surface area contributed by atoms with Gasteiger partial charge in [-0.2, -0.15) is 5.26 Å². The van der Waals surface area contributed by atoms with Crippen LogP contribution in [0.4, 0.5) is 0 Å². The number of aromatic nitrogens is 1. The van der Waals surface area contributed by atoms with Gasteiger partial charge in [0.25, 0.3) is 0 Å². The van der Waals surface area contributed by atoms with Gasteiger partial charge in [-0.15, -0.1) is 0 Å². The van der Waals surface area contributed by atoms with Crippen LogP contribution in [0.15, 0.2) is 23.2 Å². The maximum absolute atomic E-state index is 11.0. The monoisotopic (exact) mass is 196 g/mol. The zero-order valence-electron chi connectivity index (χ0n) is 7.06. The molecule has 4 nitrogen and oxygen atoms in total. The molecule has 0 aliphatic heterocycles. The summed E-state index contributed by atoms with van der Waals surface area (Å²) in [5.41, 5.74) is 0.579. The fraction of sp³-hybridized carbons (Fsp3) is 0.250. The molecule has 1 heterocycles. The summed E-state index contributed by atoms with van der Waals surface area (Å²) >= 11 is 0. The fourth-order valence-electron chi connectivity index (χ4n) is 0.816. The SMILES string of the molecule is CS(=O)(=O)c1ccc(CC#N)nc1. The molecule has 0 atom stereocenters. The van der Waals surface area contributed by atoms with Gasteiger partial charge in [-0.25, -0.2) is 8.42 Å². The molecule has 0 saturated heterocycles. The predicted octanol–water partition coefficient (Wildman–Crippen LogP) is 0.551. The molecule has 0 saturated carbocycles. The Bertz CT molecular complexity index is 428. The Morgan fingerprint density at radius 2 is 2.23 bits per heavy atom. The molecular formula is C8H8N2O2S. The number of nitrogens with zero attached hydrogens (tertiary/aromatic N) is 2. The van der Waals surface area contributed by atoms with Crippen molar-refractivity contribution in [1.29, 1.82) is 5.26 Å². The van der Waals surface area contributed by atoms with E-state index >= 15 is 0 Å². The first-order valence-corrected chi connectivity index (χ1v) is 5.45. The maximum atomic E-state index is 11.0. The van der Waals surface area contributed by atoms with Crippen LogP contribution in [0, 0.1) is 11.3 Å². The van der Waals surface area contributed by atoms with E-state index in [1.807, 2.05) is 6.07 Å². The third-order valence-corrected chi connectivity index (χ3v) is 2.58. The minimum Gasteiger partial charge on any atom is -0.259 e. The van der Waals surface area contributed by atoms with E-state index in [2.05, 4.69) is 4.98 Å². The molecule has 0 aliphatic rings. The first kappa shape index (κ1) is 9.68. The van der Waals surface area contributed by atoms with Gasteiger partial charge in [0.2, 0.25) is 0 Å². The van der Waals surface area contributed by atoms with Gasteiger partial charge in [0.15, 0.2) is 9.84 Å². The lowest BCUT2D eigenvalue weighted by atomic mass is 10.3. The molecule has 1 aromatic heterocycles. The van der Waals surface area contributed by atoms with Crippen molar-refractivity contribution in [2.75, 3.05) is 6.26 Å². The fourth-order valence-corrected chi connectivity index (χ4v) is 1.38. The van der Waals surface area contributed by atoms with E-state index in [0.717, 1.165) is 6.26 Å². The van der Waals surface area contributed by atoms with Crippen LogP contribution in [0.5, 0.6) is 0 Å². The van der Waals surface area contributed by atoms with Crippen LogP contribution < -0.4 is 0 Å².